The van der Waals surface area contributed by atoms with Crippen molar-refractivity contribution in [2.45, 2.75) is 32.7 Å². The van der Waals surface area contributed by atoms with E-state index in [2.05, 4.69) is 5.32 Å². The molecule has 1 unspecified atom stereocenters. The topological polar surface area (TPSA) is 66.4 Å². The number of hydrogen-bond donors (Lipinski definition) is 2. The lowest BCUT2D eigenvalue weighted by Gasteiger charge is -2.18. The molecular weight excluding hydrogens is 298 g/mol. The highest BCUT2D eigenvalue weighted by Crippen LogP contribution is 2.23. The van der Waals surface area contributed by atoms with Crippen LogP contribution in [0.1, 0.15) is 44.6 Å². The number of nitrogens with one attached hydrogen (secondary N) is 1. The zero-order chi connectivity index (χ0) is 16.1. The van der Waals surface area contributed by atoms with Gasteiger partial charge >= 0.3 is 5.97 Å². The van der Waals surface area contributed by atoms with E-state index in [9.17, 15) is 9.59 Å². The number of carbonyl (C=O) groups is 2. The van der Waals surface area contributed by atoms with Crippen LogP contribution in [0.5, 0.6) is 0 Å². The molecule has 1 atom stereocenters. The zero-order valence-corrected chi connectivity index (χ0v) is 13.4. The molecule has 2 rings (SSSR count). The highest BCUT2D eigenvalue weighted by molar-refractivity contribution is 7.14. The van der Waals surface area contributed by atoms with Gasteiger partial charge in [0.2, 0.25) is 0 Å². The molecule has 1 amide bonds. The van der Waals surface area contributed by atoms with Gasteiger partial charge in [-0.3, -0.25) is 9.59 Å². The minimum atomic E-state index is -0.863. The first kappa shape index (κ1) is 16.2. The Morgan fingerprint density at radius 3 is 2.45 bits per heavy atom. The van der Waals surface area contributed by atoms with Gasteiger partial charge in [-0.05, 0) is 37.5 Å². The SMILES string of the molecule is Cc1cc(C(=O)NC(CCC(=O)O)c2ccccc2)sc1C. The van der Waals surface area contributed by atoms with E-state index >= 15 is 0 Å². The highest BCUT2D eigenvalue weighted by atomic mass is 32.1. The second-order valence-electron chi connectivity index (χ2n) is 5.22. The number of aliphatic carboxylic acids is 1. The third-order valence-corrected chi connectivity index (χ3v) is 4.70. The fourth-order valence-corrected chi connectivity index (χ4v) is 3.13. The van der Waals surface area contributed by atoms with Gasteiger partial charge in [-0.25, -0.2) is 0 Å². The average molecular weight is 317 g/mol. The minimum absolute atomic E-state index is 0.0162. The molecule has 5 heteroatoms. The van der Waals surface area contributed by atoms with Crippen molar-refractivity contribution in [2.75, 3.05) is 0 Å². The van der Waals surface area contributed by atoms with Gasteiger partial charge in [-0.1, -0.05) is 30.3 Å². The van der Waals surface area contributed by atoms with E-state index in [0.29, 0.717) is 11.3 Å². The van der Waals surface area contributed by atoms with Crippen molar-refractivity contribution in [1.82, 2.24) is 5.32 Å². The van der Waals surface area contributed by atoms with Crippen LogP contribution in [-0.4, -0.2) is 17.0 Å². The summed E-state index contributed by atoms with van der Waals surface area (Å²) in [6.45, 7) is 3.96. The summed E-state index contributed by atoms with van der Waals surface area (Å²) in [6, 6.07) is 11.0. The number of aryl methyl sites for hydroxylation is 2. The quantitative estimate of drug-likeness (QED) is 0.853. The lowest BCUT2D eigenvalue weighted by atomic mass is 10.0. The van der Waals surface area contributed by atoms with Crippen LogP contribution in [0, 0.1) is 13.8 Å². The Labute approximate surface area is 133 Å². The average Bonchev–Trinajstić information content (AvgIpc) is 2.83. The van der Waals surface area contributed by atoms with Gasteiger partial charge in [0.25, 0.3) is 5.91 Å². The number of carbonyl (C=O) groups excluding carboxylic acids is 1. The van der Waals surface area contributed by atoms with Crippen molar-refractivity contribution in [3.8, 4) is 0 Å². The number of hydrogen-bond acceptors (Lipinski definition) is 3. The minimum Gasteiger partial charge on any atom is -0.481 e. The largest absolute Gasteiger partial charge is 0.481 e. The maximum atomic E-state index is 12.4. The third kappa shape index (κ3) is 4.18. The summed E-state index contributed by atoms with van der Waals surface area (Å²) in [5.74, 6) is -1.02. The molecule has 0 aliphatic carbocycles. The van der Waals surface area contributed by atoms with Gasteiger partial charge in [0.15, 0.2) is 0 Å². The van der Waals surface area contributed by atoms with Gasteiger partial charge < -0.3 is 10.4 Å². The number of thiophene rings is 1. The summed E-state index contributed by atoms with van der Waals surface area (Å²) in [5.41, 5.74) is 2.01. The van der Waals surface area contributed by atoms with E-state index in [4.69, 9.17) is 5.11 Å². The van der Waals surface area contributed by atoms with Crippen LogP contribution in [-0.2, 0) is 4.79 Å². The summed E-state index contributed by atoms with van der Waals surface area (Å²) in [7, 11) is 0. The van der Waals surface area contributed by atoms with Gasteiger partial charge in [-0.15, -0.1) is 11.3 Å². The lowest BCUT2D eigenvalue weighted by Crippen LogP contribution is -2.28. The Hall–Kier alpha value is -2.14. The molecule has 0 fully saturated rings. The summed E-state index contributed by atoms with van der Waals surface area (Å²) >= 11 is 1.46. The van der Waals surface area contributed by atoms with Gasteiger partial charge in [0.1, 0.15) is 0 Å². The molecule has 4 nitrogen and oxygen atoms in total. The van der Waals surface area contributed by atoms with Crippen molar-refractivity contribution in [2.24, 2.45) is 0 Å². The highest BCUT2D eigenvalue weighted by Gasteiger charge is 2.18. The number of amides is 1. The van der Waals surface area contributed by atoms with E-state index in [0.717, 1.165) is 16.0 Å². The van der Waals surface area contributed by atoms with Crippen LogP contribution in [0.2, 0.25) is 0 Å². The Balaban J connectivity index is 2.15. The molecule has 0 saturated carbocycles. The van der Waals surface area contributed by atoms with Crippen LogP contribution in [0.15, 0.2) is 36.4 Å². The normalized spacial score (nSPS) is 11.9. The first-order chi connectivity index (χ1) is 10.5. The molecule has 0 aliphatic heterocycles. The van der Waals surface area contributed by atoms with Gasteiger partial charge in [0, 0.05) is 11.3 Å². The van der Waals surface area contributed by atoms with E-state index < -0.39 is 5.97 Å². The molecule has 0 saturated heterocycles. The van der Waals surface area contributed by atoms with Crippen molar-refractivity contribution in [3.05, 3.63) is 57.3 Å². The van der Waals surface area contributed by atoms with Gasteiger partial charge in [-0.2, -0.15) is 0 Å². The predicted octanol–water partition coefficient (Wildman–Crippen LogP) is 3.70. The summed E-state index contributed by atoms with van der Waals surface area (Å²) in [4.78, 5) is 25.0. The summed E-state index contributed by atoms with van der Waals surface area (Å²) in [5, 5.41) is 11.8. The predicted molar refractivity (Wildman–Crippen MR) is 87.3 cm³/mol. The Bertz CT molecular complexity index is 644. The van der Waals surface area contributed by atoms with Crippen LogP contribution in [0.4, 0.5) is 0 Å². The Morgan fingerprint density at radius 2 is 1.91 bits per heavy atom. The first-order valence-corrected chi connectivity index (χ1v) is 7.93. The molecule has 2 aromatic rings. The van der Waals surface area contributed by atoms with Crippen LogP contribution in [0.25, 0.3) is 0 Å². The van der Waals surface area contributed by atoms with Crippen molar-refractivity contribution < 1.29 is 14.7 Å². The van der Waals surface area contributed by atoms with E-state index in [1.54, 1.807) is 0 Å². The Kier molecular flexibility index (Phi) is 5.33. The van der Waals surface area contributed by atoms with Crippen LogP contribution < -0.4 is 5.32 Å². The van der Waals surface area contributed by atoms with Crippen molar-refractivity contribution in [1.29, 1.82) is 0 Å². The fourth-order valence-electron chi connectivity index (χ4n) is 2.19. The van der Waals surface area contributed by atoms with E-state index in [1.165, 1.54) is 11.3 Å². The zero-order valence-electron chi connectivity index (χ0n) is 12.6. The molecule has 22 heavy (non-hydrogen) atoms. The molecule has 1 aromatic heterocycles. The van der Waals surface area contributed by atoms with Crippen LogP contribution >= 0.6 is 11.3 Å². The van der Waals surface area contributed by atoms with Crippen molar-refractivity contribution >= 4 is 23.2 Å². The molecule has 1 aromatic carbocycles. The molecule has 116 valence electrons. The smallest absolute Gasteiger partial charge is 0.303 e. The van der Waals surface area contributed by atoms with E-state index in [1.807, 2.05) is 50.2 Å². The number of carboxylic acids is 1. The molecule has 0 bridgehead atoms. The van der Waals surface area contributed by atoms with E-state index in [-0.39, 0.29) is 18.4 Å². The molecule has 1 heterocycles. The molecule has 2 N–H and O–H groups in total. The van der Waals surface area contributed by atoms with Crippen LogP contribution in [0.3, 0.4) is 0 Å². The van der Waals surface area contributed by atoms with Gasteiger partial charge in [0.05, 0.1) is 10.9 Å². The first-order valence-electron chi connectivity index (χ1n) is 7.12. The number of rotatable bonds is 6. The lowest BCUT2D eigenvalue weighted by molar-refractivity contribution is -0.137. The molecular formula is C17H19NO3S. The molecule has 0 spiro atoms. The Morgan fingerprint density at radius 1 is 1.23 bits per heavy atom. The third-order valence-electron chi connectivity index (χ3n) is 3.54. The second-order valence-corrected chi connectivity index (χ2v) is 6.48. The maximum absolute atomic E-state index is 12.4. The second kappa shape index (κ2) is 7.22. The summed E-state index contributed by atoms with van der Waals surface area (Å²) in [6.07, 6.45) is 0.386. The number of carboxylic acid groups (broad SMARTS) is 1. The maximum Gasteiger partial charge on any atom is 0.303 e. The standard InChI is InChI=1S/C17H19NO3S/c1-11-10-15(22-12(11)2)17(21)18-14(8-9-16(19)20)13-6-4-3-5-7-13/h3-7,10,14H,8-9H2,1-2H3,(H,18,21)(H,19,20). The van der Waals surface area contributed by atoms with Crippen molar-refractivity contribution in [3.63, 3.8) is 0 Å². The summed E-state index contributed by atoms with van der Waals surface area (Å²) < 4.78 is 0. The fraction of sp³-hybridized carbons (Fsp3) is 0.294. The monoisotopic (exact) mass is 317 g/mol. The molecule has 0 radical (unpaired) electrons. The molecule has 0 aliphatic rings. The number of benzene rings is 1.